The van der Waals surface area contributed by atoms with Gasteiger partial charge < -0.3 is 8.83 Å². The van der Waals surface area contributed by atoms with E-state index in [1.54, 1.807) is 0 Å². The third kappa shape index (κ3) is 6.70. The second kappa shape index (κ2) is 16.0. The van der Waals surface area contributed by atoms with Crippen molar-refractivity contribution < 1.29 is 8.83 Å². The smallest absolute Gasteiger partial charge is 0.143 e. The zero-order chi connectivity index (χ0) is 45.4. The molecule has 14 aromatic rings. The van der Waals surface area contributed by atoms with E-state index in [1.165, 1.54) is 31.3 Å². The van der Waals surface area contributed by atoms with E-state index >= 15 is 0 Å². The van der Waals surface area contributed by atoms with Crippen molar-refractivity contribution in [1.29, 1.82) is 0 Å². The summed E-state index contributed by atoms with van der Waals surface area (Å²) in [7, 11) is 0. The normalized spacial score (nSPS) is 11.8. The van der Waals surface area contributed by atoms with Crippen LogP contribution in [0.5, 0.6) is 0 Å². The third-order valence-electron chi connectivity index (χ3n) is 13.9. The van der Waals surface area contributed by atoms with Crippen molar-refractivity contribution in [2.75, 3.05) is 0 Å². The molecule has 0 bridgehead atoms. The molecule has 0 radical (unpaired) electrons. The van der Waals surface area contributed by atoms with E-state index in [0.717, 1.165) is 111 Å². The number of benzene rings is 11. The molecule has 0 saturated carbocycles. The molecule has 0 aliphatic carbocycles. The first-order chi connectivity index (χ1) is 34.2. The van der Waals surface area contributed by atoms with Crippen molar-refractivity contribution in [3.05, 3.63) is 243 Å². The molecule has 2 nitrogen and oxygen atoms in total. The topological polar surface area (TPSA) is 26.3 Å². The standard InChI is InChI=1S/C66H40O2S/c1-4-31-61-55(22-1)58-28-11-25-52(64(58)67-61)47-20-9-16-43(36-47)41-14-7-18-45(34-41)49-38-50(40-51(39-49)54-27-13-30-60-57-24-3-6-33-63(57)69-66(54)60)46-19-8-15-42(35-46)44-17-10-21-48(37-44)53-26-12-29-59-56-23-2-5-32-62(56)68-65(53)59/h1-40H. The van der Waals surface area contributed by atoms with Gasteiger partial charge in [0.1, 0.15) is 22.3 Å². The van der Waals surface area contributed by atoms with Crippen LogP contribution in [0.3, 0.4) is 0 Å². The van der Waals surface area contributed by atoms with Crippen molar-refractivity contribution in [3.63, 3.8) is 0 Å². The van der Waals surface area contributed by atoms with Gasteiger partial charge in [-0.05, 0) is 127 Å². The van der Waals surface area contributed by atoms with Crippen LogP contribution in [0.2, 0.25) is 0 Å². The van der Waals surface area contributed by atoms with Crippen LogP contribution in [0.15, 0.2) is 251 Å². The average molecular weight is 897 g/mol. The van der Waals surface area contributed by atoms with Crippen LogP contribution in [0.1, 0.15) is 0 Å². The fraction of sp³-hybridized carbons (Fsp3) is 0. The lowest BCUT2D eigenvalue weighted by molar-refractivity contribution is 0.669. The highest BCUT2D eigenvalue weighted by molar-refractivity contribution is 7.26. The Labute approximate surface area is 402 Å². The van der Waals surface area contributed by atoms with Gasteiger partial charge in [0.15, 0.2) is 0 Å². The van der Waals surface area contributed by atoms with Gasteiger partial charge in [-0.25, -0.2) is 0 Å². The molecule has 0 unspecified atom stereocenters. The molecule has 0 atom stereocenters. The molecule has 0 N–H and O–H groups in total. The Morgan fingerprint density at radius 1 is 0.232 bits per heavy atom. The van der Waals surface area contributed by atoms with Crippen molar-refractivity contribution in [2.24, 2.45) is 0 Å². The molecule has 0 aliphatic rings. The summed E-state index contributed by atoms with van der Waals surface area (Å²) >= 11 is 1.87. The molecule has 0 saturated heterocycles. The van der Waals surface area contributed by atoms with Gasteiger partial charge in [0, 0.05) is 52.8 Å². The van der Waals surface area contributed by atoms with E-state index in [1.807, 2.05) is 35.6 Å². The lowest BCUT2D eigenvalue weighted by Gasteiger charge is -2.14. The van der Waals surface area contributed by atoms with Crippen molar-refractivity contribution in [3.8, 4) is 77.9 Å². The lowest BCUT2D eigenvalue weighted by Crippen LogP contribution is -1.88. The Hall–Kier alpha value is -8.76. The van der Waals surface area contributed by atoms with E-state index in [2.05, 4.69) is 218 Å². The highest BCUT2D eigenvalue weighted by atomic mass is 32.1. The van der Waals surface area contributed by atoms with E-state index in [4.69, 9.17) is 8.83 Å². The van der Waals surface area contributed by atoms with Crippen LogP contribution in [-0.2, 0) is 0 Å². The summed E-state index contributed by atoms with van der Waals surface area (Å²) in [5.74, 6) is 0. The van der Waals surface area contributed by atoms with Gasteiger partial charge in [0.2, 0.25) is 0 Å². The highest BCUT2D eigenvalue weighted by Crippen LogP contribution is 2.44. The number of fused-ring (bicyclic) bond motifs is 9. The first kappa shape index (κ1) is 39.4. The lowest BCUT2D eigenvalue weighted by atomic mass is 9.90. The zero-order valence-electron chi connectivity index (χ0n) is 37.3. The largest absolute Gasteiger partial charge is 0.455 e. The summed E-state index contributed by atoms with van der Waals surface area (Å²) in [6.45, 7) is 0. The van der Waals surface area contributed by atoms with Crippen LogP contribution in [0, 0.1) is 0 Å². The Morgan fingerprint density at radius 2 is 0.580 bits per heavy atom. The fourth-order valence-corrected chi connectivity index (χ4v) is 11.8. The molecular weight excluding hydrogens is 857 g/mol. The number of para-hydroxylation sites is 4. The first-order valence-electron chi connectivity index (χ1n) is 23.5. The van der Waals surface area contributed by atoms with Gasteiger partial charge in [0.05, 0.1) is 0 Å². The number of hydrogen-bond acceptors (Lipinski definition) is 3. The molecule has 3 heterocycles. The van der Waals surface area contributed by atoms with Gasteiger partial charge in [-0.1, -0.05) is 182 Å². The van der Waals surface area contributed by atoms with Gasteiger partial charge in [-0.3, -0.25) is 0 Å². The van der Waals surface area contributed by atoms with E-state index in [-0.39, 0.29) is 0 Å². The van der Waals surface area contributed by atoms with E-state index < -0.39 is 0 Å². The monoisotopic (exact) mass is 896 g/mol. The Balaban J connectivity index is 0.887. The molecule has 0 spiro atoms. The average Bonchev–Trinajstić information content (AvgIpc) is 4.13. The second-order valence-corrected chi connectivity index (χ2v) is 19.0. The maximum Gasteiger partial charge on any atom is 0.143 e. The predicted molar refractivity (Wildman–Crippen MR) is 292 cm³/mol. The Kier molecular flexibility index (Phi) is 9.11. The quantitative estimate of drug-likeness (QED) is 0.159. The van der Waals surface area contributed by atoms with Gasteiger partial charge >= 0.3 is 0 Å². The number of rotatable bonds is 7. The summed E-state index contributed by atoms with van der Waals surface area (Å²) in [6.07, 6.45) is 0. The molecule has 0 aliphatic heterocycles. The minimum Gasteiger partial charge on any atom is -0.455 e. The molecule has 0 fully saturated rings. The molecule has 0 amide bonds. The Morgan fingerprint density at radius 3 is 1.10 bits per heavy atom. The molecule has 322 valence electrons. The summed E-state index contributed by atoms with van der Waals surface area (Å²) in [4.78, 5) is 0. The van der Waals surface area contributed by atoms with Gasteiger partial charge in [-0.15, -0.1) is 11.3 Å². The minimum atomic E-state index is 0.906. The van der Waals surface area contributed by atoms with Crippen LogP contribution >= 0.6 is 11.3 Å². The zero-order valence-corrected chi connectivity index (χ0v) is 38.1. The molecular formula is C66H40O2S. The first-order valence-corrected chi connectivity index (χ1v) is 24.3. The van der Waals surface area contributed by atoms with Crippen LogP contribution in [-0.4, -0.2) is 0 Å². The maximum absolute atomic E-state index is 6.48. The summed E-state index contributed by atoms with van der Waals surface area (Å²) < 4.78 is 15.6. The van der Waals surface area contributed by atoms with Crippen LogP contribution in [0.4, 0.5) is 0 Å². The molecule has 3 heteroatoms. The van der Waals surface area contributed by atoms with Crippen molar-refractivity contribution in [1.82, 2.24) is 0 Å². The number of furan rings is 2. The molecule has 14 rings (SSSR count). The minimum absolute atomic E-state index is 0.906. The Bertz CT molecular complexity index is 4110. The summed E-state index contributed by atoms with van der Waals surface area (Å²) in [6, 6.07) is 87.8. The fourth-order valence-electron chi connectivity index (χ4n) is 10.5. The summed E-state index contributed by atoms with van der Waals surface area (Å²) in [5.41, 5.74) is 19.8. The second-order valence-electron chi connectivity index (χ2n) is 18.0. The SMILES string of the molecule is c1cc(-c2cccc(-c3cccc4c3oc3ccccc34)c2)cc(-c2cc(-c3cccc(-c4cccc(-c5cccc6c5oc5ccccc56)c4)c3)cc(-c3cccc4c3sc3ccccc34)c2)c1. The molecule has 69 heavy (non-hydrogen) atoms. The maximum atomic E-state index is 6.48. The van der Waals surface area contributed by atoms with Crippen molar-refractivity contribution >= 4 is 75.4 Å². The van der Waals surface area contributed by atoms with Gasteiger partial charge in [-0.2, -0.15) is 0 Å². The molecule has 11 aromatic carbocycles. The van der Waals surface area contributed by atoms with Gasteiger partial charge in [0.25, 0.3) is 0 Å². The highest BCUT2D eigenvalue weighted by Gasteiger charge is 2.17. The number of hydrogen-bond donors (Lipinski definition) is 0. The predicted octanol–water partition coefficient (Wildman–Crippen LogP) is 19.5. The van der Waals surface area contributed by atoms with E-state index in [0.29, 0.717) is 0 Å². The van der Waals surface area contributed by atoms with Crippen LogP contribution < -0.4 is 0 Å². The third-order valence-corrected chi connectivity index (χ3v) is 15.1. The van der Waals surface area contributed by atoms with Crippen LogP contribution in [0.25, 0.3) is 142 Å². The van der Waals surface area contributed by atoms with Crippen molar-refractivity contribution in [2.45, 2.75) is 0 Å². The molecule has 3 aromatic heterocycles. The number of thiophene rings is 1. The van der Waals surface area contributed by atoms with E-state index in [9.17, 15) is 0 Å². The summed E-state index contributed by atoms with van der Waals surface area (Å²) in [5, 5.41) is 7.13.